The van der Waals surface area contributed by atoms with Gasteiger partial charge in [-0.2, -0.15) is 5.10 Å². The molecule has 20 heavy (non-hydrogen) atoms. The number of aryl methyl sites for hydroxylation is 2. The average molecular weight is 273 g/mol. The number of benzene rings is 1. The quantitative estimate of drug-likeness (QED) is 0.689. The van der Waals surface area contributed by atoms with E-state index in [2.05, 4.69) is 27.8 Å². The van der Waals surface area contributed by atoms with E-state index in [1.807, 2.05) is 38.1 Å². The number of nitrogens with one attached hydrogen (secondary N) is 3. The lowest BCUT2D eigenvalue weighted by Gasteiger charge is -2.16. The summed E-state index contributed by atoms with van der Waals surface area (Å²) >= 11 is 0. The third-order valence-corrected chi connectivity index (χ3v) is 3.17. The standard InChI is InChI=1S/C14H19N5O/c1-8(16-13-9(2)18-19-10(13)3)11-4-6-12(7-5-11)17-14(15)20/h4-8,16H,1-3H3,(H,18,19)(H3,15,17,20). The normalized spacial score (nSPS) is 11.9. The molecular weight excluding hydrogens is 254 g/mol. The highest BCUT2D eigenvalue weighted by molar-refractivity contribution is 5.87. The summed E-state index contributed by atoms with van der Waals surface area (Å²) in [5, 5.41) is 13.1. The molecule has 1 aromatic heterocycles. The van der Waals surface area contributed by atoms with E-state index in [1.165, 1.54) is 0 Å². The predicted octanol–water partition coefficient (Wildman–Crippen LogP) is 2.69. The highest BCUT2D eigenvalue weighted by atomic mass is 16.2. The van der Waals surface area contributed by atoms with Gasteiger partial charge in [0.15, 0.2) is 0 Å². The Kier molecular flexibility index (Phi) is 3.93. The molecule has 5 N–H and O–H groups in total. The number of nitrogens with zero attached hydrogens (tertiary/aromatic N) is 1. The van der Waals surface area contributed by atoms with E-state index < -0.39 is 6.03 Å². The van der Waals surface area contributed by atoms with E-state index in [1.54, 1.807) is 0 Å². The molecule has 0 aliphatic carbocycles. The van der Waals surface area contributed by atoms with E-state index in [4.69, 9.17) is 5.73 Å². The molecule has 2 aromatic rings. The number of carbonyl (C=O) groups is 1. The van der Waals surface area contributed by atoms with Crippen molar-refractivity contribution in [2.75, 3.05) is 10.6 Å². The SMILES string of the molecule is Cc1n[nH]c(C)c1NC(C)c1ccc(NC(N)=O)cc1. The maximum atomic E-state index is 10.8. The van der Waals surface area contributed by atoms with Crippen molar-refractivity contribution in [1.29, 1.82) is 0 Å². The predicted molar refractivity (Wildman–Crippen MR) is 79.7 cm³/mol. The van der Waals surface area contributed by atoms with Crippen LogP contribution in [0.3, 0.4) is 0 Å². The number of hydrogen-bond donors (Lipinski definition) is 4. The Morgan fingerprint density at radius 3 is 2.45 bits per heavy atom. The van der Waals surface area contributed by atoms with Crippen molar-refractivity contribution in [3.63, 3.8) is 0 Å². The first-order valence-corrected chi connectivity index (χ1v) is 6.42. The molecule has 0 radical (unpaired) electrons. The van der Waals surface area contributed by atoms with Gasteiger partial charge in [0, 0.05) is 11.7 Å². The Hall–Kier alpha value is -2.50. The van der Waals surface area contributed by atoms with Gasteiger partial charge in [0.1, 0.15) is 0 Å². The molecule has 0 bridgehead atoms. The van der Waals surface area contributed by atoms with Gasteiger partial charge in [-0.1, -0.05) is 12.1 Å². The monoisotopic (exact) mass is 273 g/mol. The average Bonchev–Trinajstić information content (AvgIpc) is 2.70. The number of amides is 2. The minimum atomic E-state index is -0.562. The summed E-state index contributed by atoms with van der Waals surface area (Å²) < 4.78 is 0. The van der Waals surface area contributed by atoms with E-state index in [9.17, 15) is 4.79 Å². The molecule has 0 saturated heterocycles. The Balaban J connectivity index is 2.09. The fraction of sp³-hybridized carbons (Fsp3) is 0.286. The van der Waals surface area contributed by atoms with E-state index in [0.29, 0.717) is 5.69 Å². The van der Waals surface area contributed by atoms with Gasteiger partial charge in [-0.25, -0.2) is 4.79 Å². The van der Waals surface area contributed by atoms with E-state index >= 15 is 0 Å². The summed E-state index contributed by atoms with van der Waals surface area (Å²) in [6.45, 7) is 6.01. The molecule has 1 unspecified atom stereocenters. The summed E-state index contributed by atoms with van der Waals surface area (Å²) in [5.74, 6) is 0. The van der Waals surface area contributed by atoms with E-state index in [-0.39, 0.29) is 6.04 Å². The van der Waals surface area contributed by atoms with Crippen LogP contribution in [0.1, 0.15) is 29.9 Å². The van der Waals surface area contributed by atoms with Gasteiger partial charge in [-0.15, -0.1) is 0 Å². The number of nitrogens with two attached hydrogens (primary N) is 1. The lowest BCUT2D eigenvalue weighted by atomic mass is 10.1. The Morgan fingerprint density at radius 1 is 1.30 bits per heavy atom. The van der Waals surface area contributed by atoms with Crippen molar-refractivity contribution in [2.24, 2.45) is 5.73 Å². The number of urea groups is 1. The molecule has 2 amide bonds. The van der Waals surface area contributed by atoms with Crippen molar-refractivity contribution in [3.05, 3.63) is 41.2 Å². The molecule has 1 aromatic carbocycles. The zero-order chi connectivity index (χ0) is 14.7. The zero-order valence-corrected chi connectivity index (χ0v) is 11.8. The maximum Gasteiger partial charge on any atom is 0.316 e. The van der Waals surface area contributed by atoms with Crippen molar-refractivity contribution >= 4 is 17.4 Å². The van der Waals surface area contributed by atoms with Gasteiger partial charge in [0.2, 0.25) is 0 Å². The maximum absolute atomic E-state index is 10.8. The summed E-state index contributed by atoms with van der Waals surface area (Å²) in [6, 6.07) is 7.13. The fourth-order valence-corrected chi connectivity index (χ4v) is 2.06. The van der Waals surface area contributed by atoms with Crippen LogP contribution in [0.4, 0.5) is 16.2 Å². The fourth-order valence-electron chi connectivity index (χ4n) is 2.06. The highest BCUT2D eigenvalue weighted by Gasteiger charge is 2.11. The molecule has 0 aliphatic heterocycles. The minimum absolute atomic E-state index is 0.132. The molecule has 1 atom stereocenters. The summed E-state index contributed by atoms with van der Waals surface area (Å²) in [4.78, 5) is 10.8. The van der Waals surface area contributed by atoms with Crippen LogP contribution < -0.4 is 16.4 Å². The van der Waals surface area contributed by atoms with Crippen molar-refractivity contribution in [3.8, 4) is 0 Å². The Bertz CT molecular complexity index is 583. The lowest BCUT2D eigenvalue weighted by Crippen LogP contribution is -2.19. The molecule has 6 heteroatoms. The minimum Gasteiger partial charge on any atom is -0.376 e. The second kappa shape index (κ2) is 5.64. The second-order valence-electron chi connectivity index (χ2n) is 4.79. The topological polar surface area (TPSA) is 95.8 Å². The number of primary amides is 1. The third-order valence-electron chi connectivity index (χ3n) is 3.17. The van der Waals surface area contributed by atoms with Crippen molar-refractivity contribution in [1.82, 2.24) is 10.2 Å². The first kappa shape index (κ1) is 13.9. The van der Waals surface area contributed by atoms with Gasteiger partial charge < -0.3 is 16.4 Å². The van der Waals surface area contributed by atoms with Crippen LogP contribution >= 0.6 is 0 Å². The van der Waals surface area contributed by atoms with Gasteiger partial charge in [0.25, 0.3) is 0 Å². The molecule has 106 valence electrons. The number of aromatic nitrogens is 2. The molecular formula is C14H19N5O. The smallest absolute Gasteiger partial charge is 0.316 e. The second-order valence-corrected chi connectivity index (χ2v) is 4.79. The first-order valence-electron chi connectivity index (χ1n) is 6.42. The van der Waals surface area contributed by atoms with Gasteiger partial charge in [-0.05, 0) is 38.5 Å². The molecule has 0 saturated carbocycles. The number of H-pyrrole nitrogens is 1. The van der Waals surface area contributed by atoms with Crippen LogP contribution in [0.25, 0.3) is 0 Å². The van der Waals surface area contributed by atoms with Crippen LogP contribution in [0.15, 0.2) is 24.3 Å². The summed E-state index contributed by atoms with van der Waals surface area (Å²) in [7, 11) is 0. The number of aromatic amines is 1. The van der Waals surface area contributed by atoms with Crippen LogP contribution in [-0.4, -0.2) is 16.2 Å². The van der Waals surface area contributed by atoms with Crippen LogP contribution in [0.5, 0.6) is 0 Å². The van der Waals surface area contributed by atoms with Gasteiger partial charge in [-0.3, -0.25) is 5.10 Å². The summed E-state index contributed by atoms with van der Waals surface area (Å²) in [6.07, 6.45) is 0. The van der Waals surface area contributed by atoms with Crippen LogP contribution in [0.2, 0.25) is 0 Å². The van der Waals surface area contributed by atoms with E-state index in [0.717, 1.165) is 22.6 Å². The summed E-state index contributed by atoms with van der Waals surface area (Å²) in [5.41, 5.74) is 9.85. The Labute approximate surface area is 117 Å². The number of hydrogen-bond acceptors (Lipinski definition) is 3. The van der Waals surface area contributed by atoms with Gasteiger partial charge >= 0.3 is 6.03 Å². The van der Waals surface area contributed by atoms with Crippen LogP contribution in [-0.2, 0) is 0 Å². The number of anilines is 2. The third kappa shape index (κ3) is 3.09. The highest BCUT2D eigenvalue weighted by Crippen LogP contribution is 2.24. The molecule has 2 rings (SSSR count). The largest absolute Gasteiger partial charge is 0.376 e. The molecule has 6 nitrogen and oxygen atoms in total. The number of rotatable bonds is 4. The first-order chi connectivity index (χ1) is 9.47. The van der Waals surface area contributed by atoms with Gasteiger partial charge in [0.05, 0.1) is 17.1 Å². The zero-order valence-electron chi connectivity index (χ0n) is 11.8. The lowest BCUT2D eigenvalue weighted by molar-refractivity contribution is 0.259. The van der Waals surface area contributed by atoms with Crippen molar-refractivity contribution < 1.29 is 4.79 Å². The molecule has 0 fully saturated rings. The number of carbonyl (C=O) groups excluding carboxylic acids is 1. The molecule has 1 heterocycles. The Morgan fingerprint density at radius 2 is 1.95 bits per heavy atom. The molecule has 0 aliphatic rings. The van der Waals surface area contributed by atoms with Crippen LogP contribution in [0, 0.1) is 13.8 Å². The molecule has 0 spiro atoms. The van der Waals surface area contributed by atoms with Crippen molar-refractivity contribution in [2.45, 2.75) is 26.8 Å².